The lowest BCUT2D eigenvalue weighted by Crippen LogP contribution is -2.32. The molecular formula is C76H84F4N14. The molecule has 0 unspecified atom stereocenters. The van der Waals surface area contributed by atoms with Crippen molar-refractivity contribution in [3.05, 3.63) is 205 Å². The summed E-state index contributed by atoms with van der Waals surface area (Å²) in [4.78, 5) is 32.4. The van der Waals surface area contributed by atoms with Crippen LogP contribution in [0.25, 0.3) is 100 Å². The van der Waals surface area contributed by atoms with E-state index in [1.54, 1.807) is 47.8 Å². The third-order valence-corrected chi connectivity index (χ3v) is 17.8. The maximum atomic E-state index is 15.9. The van der Waals surface area contributed by atoms with Gasteiger partial charge in [0.15, 0.2) is 11.3 Å². The Morgan fingerprint density at radius 1 is 0.702 bits per heavy atom. The quantitative estimate of drug-likeness (QED) is 0.0340. The second-order valence-electron chi connectivity index (χ2n) is 24.7. The van der Waals surface area contributed by atoms with Gasteiger partial charge in [-0.25, -0.2) is 27.5 Å². The van der Waals surface area contributed by atoms with Crippen LogP contribution in [-0.2, 0) is 12.8 Å². The molecule has 1 aliphatic heterocycles. The third-order valence-electron chi connectivity index (χ3n) is 17.8. The molecule has 2 aromatic carbocycles. The summed E-state index contributed by atoms with van der Waals surface area (Å²) in [6.45, 7) is 22.4. The highest BCUT2D eigenvalue weighted by Crippen LogP contribution is 2.38. The van der Waals surface area contributed by atoms with Gasteiger partial charge < -0.3 is 20.2 Å². The number of pyridine rings is 4. The van der Waals surface area contributed by atoms with Crippen LogP contribution in [0.2, 0.25) is 0 Å². The number of likely N-dealkylation sites (tertiary alicyclic amines) is 1. The monoisotopic (exact) mass is 1270 g/mol. The molecule has 9 heterocycles. The summed E-state index contributed by atoms with van der Waals surface area (Å²) in [5.41, 5.74) is 16.3. The van der Waals surface area contributed by atoms with Crippen molar-refractivity contribution in [2.75, 3.05) is 58.9 Å². The molecule has 2 aliphatic rings. The minimum atomic E-state index is -2.69. The van der Waals surface area contributed by atoms with Gasteiger partial charge in [-0.1, -0.05) is 77.2 Å². The van der Waals surface area contributed by atoms with Gasteiger partial charge in [-0.05, 0) is 192 Å². The number of aromatic amines is 3. The van der Waals surface area contributed by atoms with E-state index >= 15 is 8.78 Å². The van der Waals surface area contributed by atoms with Crippen LogP contribution >= 0.6 is 0 Å². The maximum Gasteiger partial charge on any atom is 0.261 e. The van der Waals surface area contributed by atoms with E-state index in [1.807, 2.05) is 126 Å². The Labute approximate surface area is 547 Å². The Hall–Kier alpha value is -9.52. The predicted octanol–water partition coefficient (Wildman–Crippen LogP) is 17.1. The van der Waals surface area contributed by atoms with E-state index in [0.29, 0.717) is 83.6 Å². The van der Waals surface area contributed by atoms with Crippen molar-refractivity contribution in [2.24, 2.45) is 5.92 Å². The smallest absolute Gasteiger partial charge is 0.261 e. The minimum Gasteiger partial charge on any atom is -0.359 e. The van der Waals surface area contributed by atoms with Crippen molar-refractivity contribution in [1.82, 2.24) is 65.1 Å². The van der Waals surface area contributed by atoms with Gasteiger partial charge in [-0.2, -0.15) is 9.89 Å². The first-order valence-corrected chi connectivity index (χ1v) is 32.8. The SMILES string of the molecule is C=C/C(=C\C(=C/C)c1cnc2n[nH]c(-c3cc4c(-c5cc(F)cc(CCCN(C)n6nc(-c7cc8c(-c9cc(F)cc(CCCN(C)C)c9)nccc8[nH]7)c7cc(C(/C=C(\C=C)NC(=C)C8CCCCC8)=C/C)cnc76)c5)nccc4[nH]3)c2c1)CN1CCC(F)(F)C1.CC. The number of alkyl halides is 2. The van der Waals surface area contributed by atoms with Crippen molar-refractivity contribution in [1.29, 1.82) is 0 Å². The van der Waals surface area contributed by atoms with E-state index in [9.17, 15) is 8.78 Å². The van der Waals surface area contributed by atoms with Crippen LogP contribution in [0.4, 0.5) is 17.6 Å². The van der Waals surface area contributed by atoms with Crippen molar-refractivity contribution in [3.63, 3.8) is 0 Å². The lowest BCUT2D eigenvalue weighted by molar-refractivity contribution is 0.0131. The van der Waals surface area contributed by atoms with Crippen molar-refractivity contribution < 1.29 is 17.6 Å². The second kappa shape index (κ2) is 29.2. The van der Waals surface area contributed by atoms with Crippen molar-refractivity contribution in [3.8, 4) is 45.3 Å². The molecular weight excluding hydrogens is 1180 g/mol. The average Bonchev–Trinajstić information content (AvgIpc) is 1.59. The van der Waals surface area contributed by atoms with Crippen LogP contribution in [0.15, 0.2) is 171 Å². The summed E-state index contributed by atoms with van der Waals surface area (Å²) < 4.78 is 59.4. The molecule has 8 aromatic heterocycles. The maximum absolute atomic E-state index is 15.9. The van der Waals surface area contributed by atoms with E-state index < -0.39 is 5.92 Å². The van der Waals surface area contributed by atoms with Crippen molar-refractivity contribution >= 4 is 55.0 Å². The topological polar surface area (TPSA) is 151 Å². The number of benzene rings is 2. The summed E-state index contributed by atoms with van der Waals surface area (Å²) in [6, 6.07) is 22.3. The molecule has 0 amide bonds. The molecule has 18 heteroatoms. The third kappa shape index (κ3) is 14.8. The molecule has 4 N–H and O–H groups in total. The number of halogens is 4. The highest BCUT2D eigenvalue weighted by atomic mass is 19.3. The lowest BCUT2D eigenvalue weighted by atomic mass is 9.87. The van der Waals surface area contributed by atoms with Gasteiger partial charge in [-0.15, -0.1) is 5.10 Å². The number of nitrogens with zero attached hydrogens (tertiary/aromatic N) is 10. The number of allylic oxidation sites excluding steroid dienone is 8. The van der Waals surface area contributed by atoms with Gasteiger partial charge >= 0.3 is 0 Å². The minimum absolute atomic E-state index is 0.151. The van der Waals surface area contributed by atoms with E-state index in [1.165, 1.54) is 25.3 Å². The second-order valence-corrected chi connectivity index (χ2v) is 24.7. The van der Waals surface area contributed by atoms with Gasteiger partial charge in [0.2, 0.25) is 0 Å². The fourth-order valence-corrected chi connectivity index (χ4v) is 13.0. The number of nitrogens with one attached hydrogen (secondary N) is 4. The standard InChI is InChI=1S/C74H78F4N14.C2H6/c1-9-47(44-91-29-24-74(77,78)45-91)30-50(10-2)55-38-62-70(86-87-72(62)81-42-55)66-40-60-64(84-66)22-25-79-68(60)54-32-49(34-58(76)36-54)19-17-28-90(8)92-73-63(39-56(43-82-73)51(11-3)37-59(12-4)83-46(5)52-20-14-13-15-21-52)71(88-92)67-41-61-65(85-67)23-26-80-69(61)53-31-48(33-57(75)35-53)18-16-27-89(6)7;1-2/h9-12,22-23,25-26,30-43,52,83-85H,1,4-5,13-21,24,27-29,44-45H2,2-3,6-8H3,(H,81,86,87);1-2H3/b47-30+,50-10+,51-11+,59-37+;. The van der Waals surface area contributed by atoms with Crippen LogP contribution in [0.1, 0.15) is 101 Å². The molecule has 1 aliphatic carbocycles. The highest BCUT2D eigenvalue weighted by Gasteiger charge is 2.38. The summed E-state index contributed by atoms with van der Waals surface area (Å²) in [5, 5.41) is 21.9. The van der Waals surface area contributed by atoms with Crippen LogP contribution in [0, 0.1) is 17.6 Å². The Morgan fingerprint density at radius 2 is 1.31 bits per heavy atom. The first kappa shape index (κ1) is 66.0. The number of fused-ring (bicyclic) bond motifs is 4. The number of hydrogen-bond donors (Lipinski definition) is 4. The Morgan fingerprint density at radius 3 is 1.91 bits per heavy atom. The summed E-state index contributed by atoms with van der Waals surface area (Å²) in [6.07, 6.45) is 27.3. The molecule has 0 bridgehead atoms. The zero-order valence-corrected chi connectivity index (χ0v) is 55.0. The summed E-state index contributed by atoms with van der Waals surface area (Å²) in [7, 11) is 6.06. The number of aromatic nitrogens is 10. The van der Waals surface area contributed by atoms with Gasteiger partial charge in [0, 0.05) is 119 Å². The molecule has 486 valence electrons. The van der Waals surface area contributed by atoms with E-state index in [4.69, 9.17) is 25.0 Å². The normalized spacial score (nSPS) is 15.2. The number of rotatable bonds is 24. The largest absolute Gasteiger partial charge is 0.359 e. The van der Waals surface area contributed by atoms with Gasteiger partial charge in [0.05, 0.1) is 40.4 Å². The predicted molar refractivity (Wildman–Crippen MR) is 377 cm³/mol. The fourth-order valence-electron chi connectivity index (χ4n) is 13.0. The van der Waals surface area contributed by atoms with Crippen molar-refractivity contribution in [2.45, 2.75) is 97.8 Å². The first-order valence-electron chi connectivity index (χ1n) is 32.8. The van der Waals surface area contributed by atoms with Crippen LogP contribution in [-0.4, -0.2) is 120 Å². The first-order chi connectivity index (χ1) is 45.5. The Kier molecular flexibility index (Phi) is 20.5. The molecule has 14 nitrogen and oxygen atoms in total. The molecule has 94 heavy (non-hydrogen) atoms. The Bertz CT molecular complexity index is 4550. The number of H-pyrrole nitrogens is 3. The van der Waals surface area contributed by atoms with Gasteiger partial charge in [0.25, 0.3) is 5.92 Å². The summed E-state index contributed by atoms with van der Waals surface area (Å²) >= 11 is 0. The van der Waals surface area contributed by atoms with E-state index in [0.717, 1.165) is 127 Å². The molecule has 0 spiro atoms. The zero-order chi connectivity index (χ0) is 66.2. The summed E-state index contributed by atoms with van der Waals surface area (Å²) in [5.74, 6) is -2.95. The van der Waals surface area contributed by atoms with E-state index in [2.05, 4.69) is 68.3 Å². The number of aryl methyl sites for hydroxylation is 2. The van der Waals surface area contributed by atoms with Gasteiger partial charge in [-0.3, -0.25) is 25.0 Å². The molecule has 10 aromatic rings. The van der Waals surface area contributed by atoms with Crippen LogP contribution in [0.3, 0.4) is 0 Å². The van der Waals surface area contributed by atoms with Gasteiger partial charge in [0.1, 0.15) is 17.3 Å². The molecule has 1 saturated heterocycles. The molecule has 0 radical (unpaired) electrons. The molecule has 12 rings (SSSR count). The lowest BCUT2D eigenvalue weighted by Gasteiger charge is -2.25. The molecule has 1 saturated carbocycles. The average molecular weight is 1270 g/mol. The Balaban J connectivity index is 0.00000446. The molecule has 0 atom stereocenters. The fraction of sp³-hybridized carbons (Fsp3) is 0.316. The number of hydrogen-bond acceptors (Lipinski definition) is 10. The van der Waals surface area contributed by atoms with E-state index in [-0.39, 0.29) is 24.6 Å². The zero-order valence-electron chi connectivity index (χ0n) is 55.0. The molecule has 2 fully saturated rings. The van der Waals surface area contributed by atoms with Crippen LogP contribution < -0.4 is 10.3 Å². The van der Waals surface area contributed by atoms with Crippen LogP contribution in [0.5, 0.6) is 0 Å². The highest BCUT2D eigenvalue weighted by molar-refractivity contribution is 6.02.